The van der Waals surface area contributed by atoms with Crippen LogP contribution in [-0.4, -0.2) is 39.7 Å². The number of allylic oxidation sites excluding steroid dienone is 4. The third-order valence-electron chi connectivity index (χ3n) is 7.07. The van der Waals surface area contributed by atoms with Crippen molar-refractivity contribution in [1.29, 1.82) is 0 Å². The Hall–Kier alpha value is -3.90. The summed E-state index contributed by atoms with van der Waals surface area (Å²) in [5.74, 6) is 0.754. The van der Waals surface area contributed by atoms with Crippen LogP contribution in [0.15, 0.2) is 103 Å². The average molecular weight is 510 g/mol. The SMILES string of the molecule is CC(C)(C)NC(=O)C1Cc2ccccc2CN1CC(=O)N1C=COC(C2=CC=CC(c3ccccc3)C2)=C1. The normalized spacial score (nSPS) is 21.2. The van der Waals surface area contributed by atoms with Gasteiger partial charge in [-0.1, -0.05) is 72.8 Å². The van der Waals surface area contributed by atoms with Gasteiger partial charge in [0.2, 0.25) is 11.8 Å². The Morgan fingerprint density at radius 3 is 2.50 bits per heavy atom. The second-order valence-corrected chi connectivity index (χ2v) is 11.1. The first-order valence-electron chi connectivity index (χ1n) is 13.2. The van der Waals surface area contributed by atoms with Gasteiger partial charge in [-0.15, -0.1) is 0 Å². The van der Waals surface area contributed by atoms with Crippen molar-refractivity contribution in [1.82, 2.24) is 15.1 Å². The number of ether oxygens (including phenoxy) is 1. The number of carbonyl (C=O) groups excluding carboxylic acids is 2. The van der Waals surface area contributed by atoms with Crippen LogP contribution in [0, 0.1) is 0 Å². The number of carbonyl (C=O) groups is 2. The zero-order valence-electron chi connectivity index (χ0n) is 22.3. The van der Waals surface area contributed by atoms with Crippen molar-refractivity contribution in [3.8, 4) is 0 Å². The maximum atomic E-state index is 13.5. The van der Waals surface area contributed by atoms with Gasteiger partial charge < -0.3 is 10.1 Å². The molecule has 3 aliphatic rings. The van der Waals surface area contributed by atoms with Gasteiger partial charge in [0.05, 0.1) is 18.8 Å². The van der Waals surface area contributed by atoms with Crippen LogP contribution in [0.5, 0.6) is 0 Å². The van der Waals surface area contributed by atoms with Gasteiger partial charge >= 0.3 is 0 Å². The number of rotatable bonds is 5. The van der Waals surface area contributed by atoms with E-state index in [-0.39, 0.29) is 29.8 Å². The molecule has 196 valence electrons. The highest BCUT2D eigenvalue weighted by atomic mass is 16.5. The van der Waals surface area contributed by atoms with Crippen LogP contribution < -0.4 is 5.32 Å². The summed E-state index contributed by atoms with van der Waals surface area (Å²) in [5, 5.41) is 3.10. The molecule has 0 spiro atoms. The molecule has 0 saturated carbocycles. The first kappa shape index (κ1) is 25.7. The molecule has 6 nitrogen and oxygen atoms in total. The Bertz CT molecular complexity index is 1320. The molecular weight excluding hydrogens is 474 g/mol. The van der Waals surface area contributed by atoms with Crippen LogP contribution in [0.1, 0.15) is 49.8 Å². The summed E-state index contributed by atoms with van der Waals surface area (Å²) in [6, 6.07) is 18.1. The van der Waals surface area contributed by atoms with Crippen molar-refractivity contribution >= 4 is 11.8 Å². The predicted octanol–water partition coefficient (Wildman–Crippen LogP) is 5.17. The van der Waals surface area contributed by atoms with E-state index in [0.717, 1.165) is 23.1 Å². The summed E-state index contributed by atoms with van der Waals surface area (Å²) in [6.45, 7) is 6.58. The molecule has 0 radical (unpaired) electrons. The van der Waals surface area contributed by atoms with Gasteiger partial charge in [0.25, 0.3) is 0 Å². The molecule has 0 bridgehead atoms. The van der Waals surface area contributed by atoms with Crippen molar-refractivity contribution in [2.24, 2.45) is 0 Å². The molecule has 2 amide bonds. The molecule has 1 aliphatic carbocycles. The monoisotopic (exact) mass is 509 g/mol. The van der Waals surface area contributed by atoms with Gasteiger partial charge in [-0.05, 0) is 55.9 Å². The second kappa shape index (κ2) is 10.8. The Kier molecular flexibility index (Phi) is 7.34. The van der Waals surface area contributed by atoms with Gasteiger partial charge in [0, 0.05) is 24.2 Å². The molecule has 5 rings (SSSR count). The highest BCUT2D eigenvalue weighted by molar-refractivity contribution is 5.85. The summed E-state index contributed by atoms with van der Waals surface area (Å²) >= 11 is 0. The van der Waals surface area contributed by atoms with Gasteiger partial charge in [-0.2, -0.15) is 0 Å². The standard InChI is InChI=1S/C32H35N3O3/c1-32(2,3)33-31(37)28-19-25-12-7-8-13-27(25)20-35(28)22-30(36)34-16-17-38-29(21-34)26-15-9-14-24(18-26)23-10-5-4-6-11-23/h4-17,21,24,28H,18-20,22H2,1-3H3,(H,33,37). The first-order valence-corrected chi connectivity index (χ1v) is 13.2. The minimum absolute atomic E-state index is 0.0559. The zero-order valence-corrected chi connectivity index (χ0v) is 22.3. The molecule has 2 unspecified atom stereocenters. The fourth-order valence-electron chi connectivity index (χ4n) is 5.18. The second-order valence-electron chi connectivity index (χ2n) is 11.1. The lowest BCUT2D eigenvalue weighted by molar-refractivity contribution is -0.133. The van der Waals surface area contributed by atoms with Gasteiger partial charge in [0.15, 0.2) is 0 Å². The molecule has 2 aromatic rings. The number of hydrogen-bond acceptors (Lipinski definition) is 4. The fourth-order valence-corrected chi connectivity index (χ4v) is 5.18. The number of benzene rings is 2. The van der Waals surface area contributed by atoms with Crippen LogP contribution in [-0.2, 0) is 27.3 Å². The Morgan fingerprint density at radius 2 is 1.74 bits per heavy atom. The number of nitrogens with zero attached hydrogens (tertiary/aromatic N) is 2. The lowest BCUT2D eigenvalue weighted by Gasteiger charge is -2.37. The highest BCUT2D eigenvalue weighted by Crippen LogP contribution is 2.33. The molecule has 38 heavy (non-hydrogen) atoms. The van der Waals surface area contributed by atoms with E-state index in [9.17, 15) is 9.59 Å². The van der Waals surface area contributed by atoms with Gasteiger partial charge in [-0.3, -0.25) is 19.4 Å². The van der Waals surface area contributed by atoms with Gasteiger partial charge in [0.1, 0.15) is 12.0 Å². The number of nitrogens with one attached hydrogen (secondary N) is 1. The van der Waals surface area contributed by atoms with E-state index in [1.165, 1.54) is 5.56 Å². The minimum Gasteiger partial charge on any atom is -0.462 e. The van der Waals surface area contributed by atoms with Crippen molar-refractivity contribution in [2.45, 2.75) is 57.7 Å². The summed E-state index contributed by atoms with van der Waals surface area (Å²) < 4.78 is 5.84. The first-order chi connectivity index (χ1) is 18.3. The fraction of sp³-hybridized carbons (Fsp3) is 0.312. The third-order valence-corrected chi connectivity index (χ3v) is 7.07. The summed E-state index contributed by atoms with van der Waals surface area (Å²) in [7, 11) is 0. The number of amides is 2. The number of hydrogen-bond donors (Lipinski definition) is 1. The van der Waals surface area contributed by atoms with E-state index < -0.39 is 6.04 Å². The molecule has 2 aliphatic heterocycles. The van der Waals surface area contributed by atoms with Crippen LogP contribution in [0.4, 0.5) is 0 Å². The Morgan fingerprint density at radius 1 is 1.00 bits per heavy atom. The maximum absolute atomic E-state index is 13.5. The third kappa shape index (κ3) is 5.97. The molecular formula is C32H35N3O3. The van der Waals surface area contributed by atoms with Crippen LogP contribution >= 0.6 is 0 Å². The highest BCUT2D eigenvalue weighted by Gasteiger charge is 2.35. The van der Waals surface area contributed by atoms with Crippen molar-refractivity contribution in [3.05, 3.63) is 120 Å². The summed E-state index contributed by atoms with van der Waals surface area (Å²) in [4.78, 5) is 30.3. The Balaban J connectivity index is 1.31. The molecule has 6 heteroatoms. The van der Waals surface area contributed by atoms with E-state index in [1.54, 1.807) is 23.6 Å². The van der Waals surface area contributed by atoms with E-state index in [1.807, 2.05) is 49.9 Å². The quantitative estimate of drug-likeness (QED) is 0.604. The Labute approximate surface area is 225 Å². The van der Waals surface area contributed by atoms with Crippen LogP contribution in [0.25, 0.3) is 0 Å². The van der Waals surface area contributed by atoms with Crippen LogP contribution in [0.3, 0.4) is 0 Å². The lowest BCUT2D eigenvalue weighted by atomic mass is 9.87. The average Bonchev–Trinajstić information content (AvgIpc) is 2.92. The number of fused-ring (bicyclic) bond motifs is 1. The van der Waals surface area contributed by atoms with Crippen molar-refractivity contribution in [2.75, 3.05) is 6.54 Å². The van der Waals surface area contributed by atoms with Crippen LogP contribution in [0.2, 0.25) is 0 Å². The maximum Gasteiger partial charge on any atom is 0.244 e. The predicted molar refractivity (Wildman–Crippen MR) is 148 cm³/mol. The molecule has 0 saturated heterocycles. The van der Waals surface area contributed by atoms with E-state index in [4.69, 9.17) is 4.74 Å². The molecule has 1 N–H and O–H groups in total. The van der Waals surface area contributed by atoms with Crippen molar-refractivity contribution in [3.63, 3.8) is 0 Å². The molecule has 0 fully saturated rings. The summed E-state index contributed by atoms with van der Waals surface area (Å²) in [6.07, 6.45) is 12.6. The molecule has 0 aromatic heterocycles. The van der Waals surface area contributed by atoms with Crippen molar-refractivity contribution < 1.29 is 14.3 Å². The molecule has 2 atom stereocenters. The van der Waals surface area contributed by atoms with Gasteiger partial charge in [-0.25, -0.2) is 0 Å². The lowest BCUT2D eigenvalue weighted by Crippen LogP contribution is -2.56. The van der Waals surface area contributed by atoms with E-state index in [2.05, 4.69) is 53.9 Å². The zero-order chi connectivity index (χ0) is 26.7. The molecule has 2 aromatic carbocycles. The molecule has 2 heterocycles. The smallest absolute Gasteiger partial charge is 0.244 e. The summed E-state index contributed by atoms with van der Waals surface area (Å²) in [5.41, 5.74) is 4.25. The van der Waals surface area contributed by atoms with E-state index >= 15 is 0 Å². The topological polar surface area (TPSA) is 61.9 Å². The van der Waals surface area contributed by atoms with E-state index in [0.29, 0.717) is 18.7 Å². The largest absolute Gasteiger partial charge is 0.462 e. The minimum atomic E-state index is -0.417.